The number of anilines is 2. The predicted octanol–water partition coefficient (Wildman–Crippen LogP) is 1.43. The fourth-order valence-corrected chi connectivity index (χ4v) is 1.84. The van der Waals surface area contributed by atoms with Crippen molar-refractivity contribution >= 4 is 11.4 Å². The molecule has 4 N–H and O–H groups in total. The minimum absolute atomic E-state index is 0.547. The molecule has 0 spiro atoms. The fourth-order valence-electron chi connectivity index (χ4n) is 1.84. The van der Waals surface area contributed by atoms with E-state index < -0.39 is 0 Å². The average Bonchev–Trinajstić information content (AvgIpc) is 2.19. The molecule has 0 saturated carbocycles. The summed E-state index contributed by atoms with van der Waals surface area (Å²) in [5.41, 5.74) is 7.65. The Balaban J connectivity index is 1.95. The number of piperidine rings is 1. The number of nitrogens with two attached hydrogens (primary N) is 1. The van der Waals surface area contributed by atoms with Gasteiger partial charge in [0.2, 0.25) is 0 Å². The zero-order chi connectivity index (χ0) is 9.80. The molecule has 1 saturated heterocycles. The minimum atomic E-state index is 0.547. The third kappa shape index (κ3) is 2.39. The quantitative estimate of drug-likeness (QED) is 0.620. The smallest absolute Gasteiger partial charge is 0.0386 e. The van der Waals surface area contributed by atoms with E-state index in [1.54, 1.807) is 0 Å². The Morgan fingerprint density at radius 3 is 3.07 bits per heavy atom. The van der Waals surface area contributed by atoms with Gasteiger partial charge in [0.1, 0.15) is 0 Å². The van der Waals surface area contributed by atoms with Crippen LogP contribution in [0.15, 0.2) is 24.3 Å². The van der Waals surface area contributed by atoms with Crippen LogP contribution < -0.4 is 16.4 Å². The zero-order valence-corrected chi connectivity index (χ0v) is 8.29. The highest BCUT2D eigenvalue weighted by Gasteiger charge is 2.11. The first kappa shape index (κ1) is 9.34. The van der Waals surface area contributed by atoms with Gasteiger partial charge in [-0.2, -0.15) is 0 Å². The van der Waals surface area contributed by atoms with Crippen molar-refractivity contribution in [3.63, 3.8) is 0 Å². The van der Waals surface area contributed by atoms with E-state index in [1.807, 2.05) is 18.2 Å². The average molecular weight is 191 g/mol. The second-order valence-electron chi connectivity index (χ2n) is 3.81. The summed E-state index contributed by atoms with van der Waals surface area (Å²) in [4.78, 5) is 0. The van der Waals surface area contributed by atoms with Crippen molar-refractivity contribution in [2.75, 3.05) is 24.1 Å². The standard InChI is InChI=1S/C11H17N3/c12-9-3-1-4-10(7-9)14-11-5-2-6-13-8-11/h1,3-4,7,11,13-14H,2,5-6,8,12H2. The molecule has 76 valence electrons. The van der Waals surface area contributed by atoms with Crippen LogP contribution in [-0.4, -0.2) is 19.1 Å². The topological polar surface area (TPSA) is 50.1 Å². The van der Waals surface area contributed by atoms with Crippen LogP contribution in [0.2, 0.25) is 0 Å². The van der Waals surface area contributed by atoms with Gasteiger partial charge in [-0.25, -0.2) is 0 Å². The first-order chi connectivity index (χ1) is 6.84. The molecule has 0 amide bonds. The largest absolute Gasteiger partial charge is 0.399 e. The molecule has 0 aromatic heterocycles. The molecule has 14 heavy (non-hydrogen) atoms. The van der Waals surface area contributed by atoms with Gasteiger partial charge in [-0.05, 0) is 37.6 Å². The zero-order valence-electron chi connectivity index (χ0n) is 8.29. The Morgan fingerprint density at radius 2 is 2.36 bits per heavy atom. The van der Waals surface area contributed by atoms with E-state index in [9.17, 15) is 0 Å². The molecule has 1 atom stereocenters. The molecular weight excluding hydrogens is 174 g/mol. The SMILES string of the molecule is Nc1cccc(NC2CCCNC2)c1. The van der Waals surface area contributed by atoms with Crippen LogP contribution >= 0.6 is 0 Å². The van der Waals surface area contributed by atoms with Crippen LogP contribution in [0.1, 0.15) is 12.8 Å². The maximum Gasteiger partial charge on any atom is 0.0386 e. The number of rotatable bonds is 2. The summed E-state index contributed by atoms with van der Waals surface area (Å²) in [5, 5.41) is 6.86. The molecule has 1 unspecified atom stereocenters. The molecule has 1 aromatic carbocycles. The fraction of sp³-hybridized carbons (Fsp3) is 0.455. The van der Waals surface area contributed by atoms with E-state index in [2.05, 4.69) is 16.7 Å². The lowest BCUT2D eigenvalue weighted by Gasteiger charge is -2.24. The Labute approximate surface area is 84.7 Å². The van der Waals surface area contributed by atoms with E-state index in [4.69, 9.17) is 5.73 Å². The molecule has 0 radical (unpaired) electrons. The van der Waals surface area contributed by atoms with Crippen LogP contribution in [0, 0.1) is 0 Å². The normalized spacial score (nSPS) is 21.9. The number of hydrogen-bond acceptors (Lipinski definition) is 3. The second kappa shape index (κ2) is 4.33. The van der Waals surface area contributed by atoms with Crippen LogP contribution in [0.25, 0.3) is 0 Å². The summed E-state index contributed by atoms with van der Waals surface area (Å²) in [6, 6.07) is 8.48. The van der Waals surface area contributed by atoms with Gasteiger partial charge in [-0.1, -0.05) is 6.07 Å². The van der Waals surface area contributed by atoms with Gasteiger partial charge in [0.25, 0.3) is 0 Å². The molecule has 2 rings (SSSR count). The van der Waals surface area contributed by atoms with Gasteiger partial charge in [0, 0.05) is 24.0 Å². The Bertz CT molecular complexity index is 292. The minimum Gasteiger partial charge on any atom is -0.399 e. The number of nitrogen functional groups attached to an aromatic ring is 1. The van der Waals surface area contributed by atoms with Crippen LogP contribution in [-0.2, 0) is 0 Å². The molecule has 0 bridgehead atoms. The summed E-state index contributed by atoms with van der Waals surface area (Å²) in [6.45, 7) is 2.20. The maximum atomic E-state index is 5.71. The lowest BCUT2D eigenvalue weighted by Crippen LogP contribution is -2.38. The van der Waals surface area contributed by atoms with E-state index in [1.165, 1.54) is 12.8 Å². The molecule has 1 aliphatic heterocycles. The molecule has 0 aliphatic carbocycles. The highest BCUT2D eigenvalue weighted by molar-refractivity contribution is 5.54. The Hall–Kier alpha value is -1.22. The summed E-state index contributed by atoms with van der Waals surface area (Å²) in [5.74, 6) is 0. The maximum absolute atomic E-state index is 5.71. The molecule has 1 aliphatic rings. The van der Waals surface area contributed by atoms with Crippen molar-refractivity contribution in [1.29, 1.82) is 0 Å². The van der Waals surface area contributed by atoms with Crippen molar-refractivity contribution in [2.24, 2.45) is 0 Å². The van der Waals surface area contributed by atoms with Crippen molar-refractivity contribution in [2.45, 2.75) is 18.9 Å². The van der Waals surface area contributed by atoms with Gasteiger partial charge in [-0.15, -0.1) is 0 Å². The van der Waals surface area contributed by atoms with E-state index >= 15 is 0 Å². The predicted molar refractivity (Wildman–Crippen MR) is 60.4 cm³/mol. The van der Waals surface area contributed by atoms with Crippen molar-refractivity contribution < 1.29 is 0 Å². The van der Waals surface area contributed by atoms with Crippen molar-refractivity contribution in [1.82, 2.24) is 5.32 Å². The highest BCUT2D eigenvalue weighted by atomic mass is 15.0. The Morgan fingerprint density at radius 1 is 1.43 bits per heavy atom. The Kier molecular flexibility index (Phi) is 2.89. The van der Waals surface area contributed by atoms with Gasteiger partial charge in [-0.3, -0.25) is 0 Å². The van der Waals surface area contributed by atoms with E-state index in [0.29, 0.717) is 6.04 Å². The van der Waals surface area contributed by atoms with Gasteiger partial charge in [0.15, 0.2) is 0 Å². The molecule has 3 heteroatoms. The van der Waals surface area contributed by atoms with Crippen LogP contribution in [0.5, 0.6) is 0 Å². The van der Waals surface area contributed by atoms with Crippen LogP contribution in [0.3, 0.4) is 0 Å². The summed E-state index contributed by atoms with van der Waals surface area (Å²) >= 11 is 0. The molecule has 1 heterocycles. The number of hydrogen-bond donors (Lipinski definition) is 3. The van der Waals surface area contributed by atoms with Gasteiger partial charge < -0.3 is 16.4 Å². The first-order valence-electron chi connectivity index (χ1n) is 5.17. The number of benzene rings is 1. The van der Waals surface area contributed by atoms with E-state index in [-0.39, 0.29) is 0 Å². The van der Waals surface area contributed by atoms with Crippen LogP contribution in [0.4, 0.5) is 11.4 Å². The third-order valence-electron chi connectivity index (χ3n) is 2.55. The molecule has 1 aromatic rings. The third-order valence-corrected chi connectivity index (χ3v) is 2.55. The van der Waals surface area contributed by atoms with E-state index in [0.717, 1.165) is 24.5 Å². The van der Waals surface area contributed by atoms with Gasteiger partial charge in [0.05, 0.1) is 0 Å². The monoisotopic (exact) mass is 191 g/mol. The summed E-state index contributed by atoms with van der Waals surface area (Å²) in [7, 11) is 0. The lowest BCUT2D eigenvalue weighted by molar-refractivity contribution is 0.480. The van der Waals surface area contributed by atoms with Gasteiger partial charge >= 0.3 is 0 Å². The highest BCUT2D eigenvalue weighted by Crippen LogP contribution is 2.15. The van der Waals surface area contributed by atoms with Crippen molar-refractivity contribution in [3.05, 3.63) is 24.3 Å². The molecule has 3 nitrogen and oxygen atoms in total. The number of nitrogens with one attached hydrogen (secondary N) is 2. The molecular formula is C11H17N3. The molecule has 1 fully saturated rings. The summed E-state index contributed by atoms with van der Waals surface area (Å²) < 4.78 is 0. The summed E-state index contributed by atoms with van der Waals surface area (Å²) in [6.07, 6.45) is 2.49. The lowest BCUT2D eigenvalue weighted by atomic mass is 10.1. The first-order valence-corrected chi connectivity index (χ1v) is 5.17. The second-order valence-corrected chi connectivity index (χ2v) is 3.81. The van der Waals surface area contributed by atoms with Crippen molar-refractivity contribution in [3.8, 4) is 0 Å².